The van der Waals surface area contributed by atoms with Crippen LogP contribution in [0.15, 0.2) is 65.9 Å². The Balaban J connectivity index is 2.05. The maximum atomic E-state index is 12.6. The highest BCUT2D eigenvalue weighted by Gasteiger charge is 2.35. The van der Waals surface area contributed by atoms with Gasteiger partial charge in [0.1, 0.15) is 5.75 Å². The molecule has 2 aromatic carbocycles. The Labute approximate surface area is 164 Å². The highest BCUT2D eigenvalue weighted by atomic mass is 32.1. The largest absolute Gasteiger partial charge is 0.494 e. The van der Waals surface area contributed by atoms with Crippen LogP contribution in [0.1, 0.15) is 25.5 Å². The molecular formula is C21H22N2O3S. The summed E-state index contributed by atoms with van der Waals surface area (Å²) in [6, 6.07) is 16.9. The van der Waals surface area contributed by atoms with Gasteiger partial charge in [0.05, 0.1) is 25.3 Å². The third-order valence-corrected chi connectivity index (χ3v) is 4.73. The van der Waals surface area contributed by atoms with E-state index >= 15 is 0 Å². The third kappa shape index (κ3) is 3.80. The normalized spacial score (nSPS) is 16.8. The molecule has 3 rings (SSSR count). The van der Waals surface area contributed by atoms with E-state index in [0.29, 0.717) is 17.3 Å². The maximum absolute atomic E-state index is 12.6. The van der Waals surface area contributed by atoms with Crippen molar-refractivity contribution < 1.29 is 14.3 Å². The van der Waals surface area contributed by atoms with Crippen molar-refractivity contribution >= 4 is 29.0 Å². The van der Waals surface area contributed by atoms with Gasteiger partial charge >= 0.3 is 5.97 Å². The quantitative estimate of drug-likeness (QED) is 0.624. The fourth-order valence-corrected chi connectivity index (χ4v) is 3.54. The molecule has 1 aliphatic rings. The second-order valence-corrected chi connectivity index (χ2v) is 6.43. The summed E-state index contributed by atoms with van der Waals surface area (Å²) >= 11 is 5.61. The van der Waals surface area contributed by atoms with Crippen molar-refractivity contribution in [2.45, 2.75) is 19.9 Å². The minimum atomic E-state index is -0.388. The number of carbonyl (C=O) groups excluding carboxylic acids is 1. The Kier molecular flexibility index (Phi) is 5.76. The maximum Gasteiger partial charge on any atom is 0.337 e. The van der Waals surface area contributed by atoms with Gasteiger partial charge in [-0.1, -0.05) is 30.3 Å². The molecular weight excluding hydrogens is 360 g/mol. The average Bonchev–Trinajstić information content (AvgIpc) is 2.69. The minimum absolute atomic E-state index is 0.387. The molecule has 140 valence electrons. The van der Waals surface area contributed by atoms with Crippen LogP contribution in [0.25, 0.3) is 0 Å². The van der Waals surface area contributed by atoms with Gasteiger partial charge in [-0.15, -0.1) is 0 Å². The van der Waals surface area contributed by atoms with Crippen LogP contribution in [0.2, 0.25) is 0 Å². The van der Waals surface area contributed by atoms with E-state index in [-0.39, 0.29) is 12.0 Å². The molecule has 0 aliphatic carbocycles. The van der Waals surface area contributed by atoms with Crippen LogP contribution in [0.5, 0.6) is 5.75 Å². The molecule has 0 fully saturated rings. The second kappa shape index (κ2) is 8.22. The summed E-state index contributed by atoms with van der Waals surface area (Å²) in [6.45, 7) is 4.42. The first-order chi connectivity index (χ1) is 13.1. The Bertz CT molecular complexity index is 863. The number of carbonyl (C=O) groups is 1. The van der Waals surface area contributed by atoms with E-state index in [1.54, 1.807) is 0 Å². The Morgan fingerprint density at radius 2 is 1.81 bits per heavy atom. The van der Waals surface area contributed by atoms with E-state index in [1.807, 2.05) is 73.3 Å². The standard InChI is InChI=1S/C21H22N2O3S/c1-4-26-17-12-10-15(11-13-17)19-18(20(24)25-3)14(2)23(21(27)22-19)16-8-6-5-7-9-16/h5-13,19H,4H2,1-3H3,(H,22,27). The lowest BCUT2D eigenvalue weighted by molar-refractivity contribution is -0.136. The van der Waals surface area contributed by atoms with E-state index in [0.717, 1.165) is 22.7 Å². The number of para-hydroxylation sites is 1. The van der Waals surface area contributed by atoms with Gasteiger partial charge in [-0.3, -0.25) is 4.90 Å². The number of thiocarbonyl (C=S) groups is 1. The van der Waals surface area contributed by atoms with Crippen LogP contribution in [-0.2, 0) is 9.53 Å². The number of nitrogens with one attached hydrogen (secondary N) is 1. The molecule has 2 aromatic rings. The predicted molar refractivity (Wildman–Crippen MR) is 110 cm³/mol. The summed E-state index contributed by atoms with van der Waals surface area (Å²) in [7, 11) is 1.39. The molecule has 0 saturated heterocycles. The predicted octanol–water partition coefficient (Wildman–Crippen LogP) is 3.97. The Hall–Kier alpha value is -2.86. The highest BCUT2D eigenvalue weighted by Crippen LogP contribution is 2.34. The van der Waals surface area contributed by atoms with Crippen LogP contribution in [0, 0.1) is 0 Å². The van der Waals surface area contributed by atoms with E-state index in [4.69, 9.17) is 21.7 Å². The van der Waals surface area contributed by atoms with E-state index < -0.39 is 0 Å². The molecule has 1 atom stereocenters. The van der Waals surface area contributed by atoms with Gasteiger partial charge in [0.2, 0.25) is 0 Å². The monoisotopic (exact) mass is 382 g/mol. The van der Waals surface area contributed by atoms with Gasteiger partial charge < -0.3 is 14.8 Å². The molecule has 6 heteroatoms. The average molecular weight is 382 g/mol. The van der Waals surface area contributed by atoms with Crippen molar-refractivity contribution in [2.24, 2.45) is 0 Å². The molecule has 1 N–H and O–H groups in total. The topological polar surface area (TPSA) is 50.8 Å². The van der Waals surface area contributed by atoms with Gasteiger partial charge in [-0.2, -0.15) is 0 Å². The molecule has 27 heavy (non-hydrogen) atoms. The zero-order valence-electron chi connectivity index (χ0n) is 15.6. The smallest absolute Gasteiger partial charge is 0.337 e. The molecule has 5 nitrogen and oxygen atoms in total. The molecule has 1 heterocycles. The van der Waals surface area contributed by atoms with Crippen LogP contribution >= 0.6 is 12.2 Å². The summed E-state index contributed by atoms with van der Waals surface area (Å²) < 4.78 is 10.6. The number of rotatable bonds is 5. The fraction of sp³-hybridized carbons (Fsp3) is 0.238. The van der Waals surface area contributed by atoms with Crippen LogP contribution in [-0.4, -0.2) is 24.8 Å². The molecule has 0 bridgehead atoms. The molecule has 1 unspecified atom stereocenters. The molecule has 1 aliphatic heterocycles. The van der Waals surface area contributed by atoms with Crippen molar-refractivity contribution in [1.82, 2.24) is 5.32 Å². The second-order valence-electron chi connectivity index (χ2n) is 6.05. The number of benzene rings is 2. The number of ether oxygens (including phenoxy) is 2. The number of hydrogen-bond donors (Lipinski definition) is 1. The number of anilines is 1. The number of allylic oxidation sites excluding steroid dienone is 1. The van der Waals surface area contributed by atoms with E-state index in [9.17, 15) is 4.79 Å². The van der Waals surface area contributed by atoms with Gasteiger partial charge in [-0.25, -0.2) is 4.79 Å². The first-order valence-corrected chi connectivity index (χ1v) is 9.15. The zero-order valence-corrected chi connectivity index (χ0v) is 16.4. The summed E-state index contributed by atoms with van der Waals surface area (Å²) in [4.78, 5) is 14.5. The van der Waals surface area contributed by atoms with Gasteiger partial charge in [0.25, 0.3) is 0 Å². The van der Waals surface area contributed by atoms with Crippen LogP contribution < -0.4 is 15.0 Å². The Morgan fingerprint density at radius 3 is 2.41 bits per heavy atom. The molecule has 0 aromatic heterocycles. The summed E-state index contributed by atoms with van der Waals surface area (Å²) in [5, 5.41) is 3.82. The number of nitrogens with zero attached hydrogens (tertiary/aromatic N) is 1. The number of esters is 1. The summed E-state index contributed by atoms with van der Waals surface area (Å²) in [5.41, 5.74) is 3.07. The van der Waals surface area contributed by atoms with Crippen molar-refractivity contribution in [3.05, 3.63) is 71.4 Å². The summed E-state index contributed by atoms with van der Waals surface area (Å²) in [6.07, 6.45) is 0. The van der Waals surface area contributed by atoms with Crippen LogP contribution in [0.4, 0.5) is 5.69 Å². The number of methoxy groups -OCH3 is 1. The molecule has 0 saturated carbocycles. The molecule has 0 radical (unpaired) electrons. The highest BCUT2D eigenvalue weighted by molar-refractivity contribution is 7.80. The first kappa shape index (κ1) is 18.9. The van der Waals surface area contributed by atoms with E-state index in [2.05, 4.69) is 5.32 Å². The van der Waals surface area contributed by atoms with E-state index in [1.165, 1.54) is 7.11 Å². The zero-order chi connectivity index (χ0) is 19.4. The molecule has 0 amide bonds. The fourth-order valence-electron chi connectivity index (χ4n) is 3.18. The van der Waals surface area contributed by atoms with Crippen molar-refractivity contribution in [3.8, 4) is 5.75 Å². The van der Waals surface area contributed by atoms with Gasteiger partial charge in [0, 0.05) is 11.4 Å². The molecule has 0 spiro atoms. The van der Waals surface area contributed by atoms with Crippen molar-refractivity contribution in [3.63, 3.8) is 0 Å². The lowest BCUT2D eigenvalue weighted by atomic mass is 9.94. The van der Waals surface area contributed by atoms with Crippen molar-refractivity contribution in [1.29, 1.82) is 0 Å². The third-order valence-electron chi connectivity index (χ3n) is 4.43. The van der Waals surface area contributed by atoms with Gasteiger partial charge in [-0.05, 0) is 55.9 Å². The SMILES string of the molecule is CCOc1ccc(C2NC(=S)N(c3ccccc3)C(C)=C2C(=O)OC)cc1. The minimum Gasteiger partial charge on any atom is -0.494 e. The van der Waals surface area contributed by atoms with Gasteiger partial charge in [0.15, 0.2) is 5.11 Å². The van der Waals surface area contributed by atoms with Crippen molar-refractivity contribution in [2.75, 3.05) is 18.6 Å². The lowest BCUT2D eigenvalue weighted by Crippen LogP contribution is -2.48. The lowest BCUT2D eigenvalue weighted by Gasteiger charge is -2.37. The summed E-state index contributed by atoms with van der Waals surface area (Å²) in [5.74, 6) is 0.396. The first-order valence-electron chi connectivity index (χ1n) is 8.74. The Morgan fingerprint density at radius 1 is 1.15 bits per heavy atom. The number of hydrogen-bond acceptors (Lipinski definition) is 4. The van der Waals surface area contributed by atoms with Crippen LogP contribution in [0.3, 0.4) is 0 Å².